The number of rotatable bonds is 8. The molecule has 0 bridgehead atoms. The van der Waals surface area contributed by atoms with Gasteiger partial charge in [-0.2, -0.15) is 0 Å². The van der Waals surface area contributed by atoms with E-state index in [1.54, 1.807) is 24.3 Å². The molecule has 0 spiro atoms. The summed E-state index contributed by atoms with van der Waals surface area (Å²) in [4.78, 5) is 35.9. The molecule has 2 rings (SSSR count). The van der Waals surface area contributed by atoms with Crippen molar-refractivity contribution in [3.8, 4) is 5.75 Å². The van der Waals surface area contributed by atoms with E-state index in [2.05, 4.69) is 10.6 Å². The molecule has 2 N–H and O–H groups in total. The molecule has 0 radical (unpaired) electrons. The van der Waals surface area contributed by atoms with Gasteiger partial charge in [-0.25, -0.2) is 4.39 Å². The van der Waals surface area contributed by atoms with Crippen molar-refractivity contribution in [1.82, 2.24) is 5.32 Å². The van der Waals surface area contributed by atoms with Gasteiger partial charge >= 0.3 is 5.97 Å². The van der Waals surface area contributed by atoms with Gasteiger partial charge < -0.3 is 20.1 Å². The van der Waals surface area contributed by atoms with Crippen LogP contribution in [0.1, 0.15) is 24.2 Å². The lowest BCUT2D eigenvalue weighted by molar-refractivity contribution is -0.152. The normalized spacial score (nSPS) is 11.2. The number of ether oxygens (including phenoxy) is 2. The second-order valence-electron chi connectivity index (χ2n) is 5.77. The summed E-state index contributed by atoms with van der Waals surface area (Å²) >= 11 is 0. The summed E-state index contributed by atoms with van der Waals surface area (Å²) in [5.41, 5.74) is 0.602. The SMILES string of the molecule is CCOc1ccc(C(=O)NCC(=O)O[C@H](C)C(=O)Nc2cccc(F)c2)cc1. The van der Waals surface area contributed by atoms with Gasteiger partial charge in [0, 0.05) is 11.3 Å². The first-order valence-corrected chi connectivity index (χ1v) is 8.66. The van der Waals surface area contributed by atoms with E-state index in [-0.39, 0.29) is 5.69 Å². The van der Waals surface area contributed by atoms with E-state index in [1.807, 2.05) is 6.92 Å². The van der Waals surface area contributed by atoms with E-state index < -0.39 is 36.2 Å². The fraction of sp³-hybridized carbons (Fsp3) is 0.250. The average molecular weight is 388 g/mol. The minimum atomic E-state index is -1.11. The Bertz CT molecular complexity index is 839. The Morgan fingerprint density at radius 3 is 2.46 bits per heavy atom. The third kappa shape index (κ3) is 6.39. The van der Waals surface area contributed by atoms with Gasteiger partial charge in [0.15, 0.2) is 6.10 Å². The number of carbonyl (C=O) groups is 3. The molecule has 148 valence electrons. The molecule has 1 atom stereocenters. The van der Waals surface area contributed by atoms with Gasteiger partial charge in [0.2, 0.25) is 0 Å². The van der Waals surface area contributed by atoms with Crippen molar-refractivity contribution in [1.29, 1.82) is 0 Å². The van der Waals surface area contributed by atoms with Crippen LogP contribution in [0.3, 0.4) is 0 Å². The zero-order chi connectivity index (χ0) is 20.5. The molecule has 28 heavy (non-hydrogen) atoms. The third-order valence-corrected chi connectivity index (χ3v) is 3.59. The first-order valence-electron chi connectivity index (χ1n) is 8.66. The van der Waals surface area contributed by atoms with Crippen LogP contribution >= 0.6 is 0 Å². The van der Waals surface area contributed by atoms with Crippen molar-refractivity contribution < 1.29 is 28.2 Å². The van der Waals surface area contributed by atoms with Crippen molar-refractivity contribution >= 4 is 23.5 Å². The molecule has 0 saturated carbocycles. The zero-order valence-corrected chi connectivity index (χ0v) is 15.5. The molecule has 8 heteroatoms. The van der Waals surface area contributed by atoms with Gasteiger partial charge in [0.1, 0.15) is 18.1 Å². The first-order chi connectivity index (χ1) is 13.4. The Balaban J connectivity index is 1.79. The summed E-state index contributed by atoms with van der Waals surface area (Å²) in [5, 5.41) is 4.85. The minimum absolute atomic E-state index is 0.247. The summed E-state index contributed by atoms with van der Waals surface area (Å²) in [5.74, 6) is -1.72. The summed E-state index contributed by atoms with van der Waals surface area (Å²) in [6, 6.07) is 11.8. The molecule has 0 saturated heterocycles. The molecule has 0 aliphatic heterocycles. The number of halogens is 1. The van der Waals surface area contributed by atoms with Crippen molar-refractivity contribution in [3.05, 3.63) is 59.9 Å². The zero-order valence-electron chi connectivity index (χ0n) is 15.5. The van der Waals surface area contributed by atoms with E-state index in [4.69, 9.17) is 9.47 Å². The Labute approximate surface area is 161 Å². The van der Waals surface area contributed by atoms with E-state index in [0.717, 1.165) is 6.07 Å². The molecule has 0 aliphatic carbocycles. The lowest BCUT2D eigenvalue weighted by Gasteiger charge is -2.14. The largest absolute Gasteiger partial charge is 0.494 e. The number of amides is 2. The van der Waals surface area contributed by atoms with Gasteiger partial charge in [-0.3, -0.25) is 14.4 Å². The number of benzene rings is 2. The Morgan fingerprint density at radius 1 is 1.11 bits per heavy atom. The smallest absolute Gasteiger partial charge is 0.326 e. The predicted molar refractivity (Wildman–Crippen MR) is 101 cm³/mol. The maximum Gasteiger partial charge on any atom is 0.326 e. The molecular formula is C20H21FN2O5. The van der Waals surface area contributed by atoms with Gasteiger partial charge in [-0.05, 0) is 56.3 Å². The van der Waals surface area contributed by atoms with Crippen LogP contribution in [-0.2, 0) is 14.3 Å². The van der Waals surface area contributed by atoms with Crippen molar-refractivity contribution in [2.75, 3.05) is 18.5 Å². The summed E-state index contributed by atoms with van der Waals surface area (Å²) in [6.07, 6.45) is -1.11. The van der Waals surface area contributed by atoms with Crippen LogP contribution in [0.5, 0.6) is 5.75 Å². The molecule has 0 aliphatic rings. The molecule has 7 nitrogen and oxygen atoms in total. The standard InChI is InChI=1S/C20H21FN2O5/c1-3-27-17-9-7-14(8-10-17)20(26)22-12-18(24)28-13(2)19(25)23-16-6-4-5-15(21)11-16/h4-11,13H,3,12H2,1-2H3,(H,22,26)(H,23,25)/t13-/m1/s1. The van der Waals surface area contributed by atoms with Gasteiger partial charge in [0.05, 0.1) is 6.61 Å². The molecule has 0 fully saturated rings. The fourth-order valence-corrected chi connectivity index (χ4v) is 2.23. The second kappa shape index (κ2) is 10.1. The van der Waals surface area contributed by atoms with Gasteiger partial charge in [-0.15, -0.1) is 0 Å². The number of hydrogen-bond acceptors (Lipinski definition) is 5. The predicted octanol–water partition coefficient (Wildman–Crippen LogP) is 2.52. The Hall–Kier alpha value is -3.42. The fourth-order valence-electron chi connectivity index (χ4n) is 2.23. The topological polar surface area (TPSA) is 93.7 Å². The minimum Gasteiger partial charge on any atom is -0.494 e. The summed E-state index contributed by atoms with van der Waals surface area (Å²) in [7, 11) is 0. The van der Waals surface area contributed by atoms with Crippen molar-refractivity contribution in [3.63, 3.8) is 0 Å². The highest BCUT2D eigenvalue weighted by Gasteiger charge is 2.18. The van der Waals surface area contributed by atoms with Crippen LogP contribution in [-0.4, -0.2) is 37.0 Å². The maximum absolute atomic E-state index is 13.1. The number of esters is 1. The quantitative estimate of drug-likeness (QED) is 0.678. The molecule has 0 aromatic heterocycles. The molecular weight excluding hydrogens is 367 g/mol. The average Bonchev–Trinajstić information content (AvgIpc) is 2.67. The highest BCUT2D eigenvalue weighted by molar-refractivity contribution is 5.97. The van der Waals surface area contributed by atoms with Gasteiger partial charge in [-0.1, -0.05) is 6.07 Å². The van der Waals surface area contributed by atoms with Crippen LogP contribution in [0, 0.1) is 5.82 Å². The maximum atomic E-state index is 13.1. The Kier molecular flexibility index (Phi) is 7.50. The monoisotopic (exact) mass is 388 g/mol. The molecule has 2 amide bonds. The number of nitrogens with one attached hydrogen (secondary N) is 2. The lowest BCUT2D eigenvalue weighted by atomic mass is 10.2. The highest BCUT2D eigenvalue weighted by Crippen LogP contribution is 2.12. The van der Waals surface area contributed by atoms with Crippen molar-refractivity contribution in [2.45, 2.75) is 20.0 Å². The molecule has 0 unspecified atom stereocenters. The number of carbonyl (C=O) groups excluding carboxylic acids is 3. The van der Waals surface area contributed by atoms with Crippen LogP contribution in [0.2, 0.25) is 0 Å². The van der Waals surface area contributed by atoms with E-state index >= 15 is 0 Å². The highest BCUT2D eigenvalue weighted by atomic mass is 19.1. The van der Waals surface area contributed by atoms with Crippen LogP contribution < -0.4 is 15.4 Å². The third-order valence-electron chi connectivity index (χ3n) is 3.59. The van der Waals surface area contributed by atoms with Crippen LogP contribution in [0.25, 0.3) is 0 Å². The number of anilines is 1. The second-order valence-corrected chi connectivity index (χ2v) is 5.77. The van der Waals surface area contributed by atoms with Crippen LogP contribution in [0.4, 0.5) is 10.1 Å². The Morgan fingerprint density at radius 2 is 1.82 bits per heavy atom. The van der Waals surface area contributed by atoms with Gasteiger partial charge in [0.25, 0.3) is 11.8 Å². The van der Waals surface area contributed by atoms with E-state index in [9.17, 15) is 18.8 Å². The lowest BCUT2D eigenvalue weighted by Crippen LogP contribution is -2.35. The van der Waals surface area contributed by atoms with E-state index in [0.29, 0.717) is 17.9 Å². The molecule has 2 aromatic carbocycles. The van der Waals surface area contributed by atoms with Crippen LogP contribution in [0.15, 0.2) is 48.5 Å². The first kappa shape index (κ1) is 20.9. The van der Waals surface area contributed by atoms with E-state index in [1.165, 1.54) is 25.1 Å². The number of hydrogen-bond donors (Lipinski definition) is 2. The molecule has 2 aromatic rings. The molecule has 0 heterocycles. The van der Waals surface area contributed by atoms with Crippen molar-refractivity contribution in [2.24, 2.45) is 0 Å². The summed E-state index contributed by atoms with van der Waals surface area (Å²) < 4.78 is 23.4. The summed E-state index contributed by atoms with van der Waals surface area (Å²) in [6.45, 7) is 3.35.